The van der Waals surface area contributed by atoms with E-state index in [9.17, 15) is 4.79 Å². The molecule has 1 aliphatic heterocycles. The minimum absolute atomic E-state index is 0. The number of nitrogens with zero attached hydrogens (tertiary/aromatic N) is 2. The van der Waals surface area contributed by atoms with Crippen molar-refractivity contribution in [2.75, 3.05) is 18.0 Å². The van der Waals surface area contributed by atoms with Crippen LogP contribution in [-0.4, -0.2) is 42.2 Å². The number of ether oxygens (including phenoxy) is 1. The van der Waals surface area contributed by atoms with Gasteiger partial charge in [-0.1, -0.05) is 12.5 Å². The van der Waals surface area contributed by atoms with Crippen molar-refractivity contribution < 1.29 is 9.53 Å². The fourth-order valence-electron chi connectivity index (χ4n) is 3.87. The number of carbonyl (C=O) groups is 1. The van der Waals surface area contributed by atoms with Gasteiger partial charge in [-0.05, 0) is 44.7 Å². The van der Waals surface area contributed by atoms with Crippen LogP contribution in [-0.2, 0) is 16.1 Å². The number of anilines is 1. The molecule has 27 heavy (non-hydrogen) atoms. The average Bonchev–Trinajstić information content (AvgIpc) is 2.59. The molecule has 154 valence electrons. The molecule has 1 aromatic rings. The normalized spacial score (nSPS) is 27.9. The van der Waals surface area contributed by atoms with Gasteiger partial charge in [0.2, 0.25) is 5.91 Å². The molecule has 6 nitrogen and oxygen atoms in total. The Bertz CT molecular complexity index is 578. The molecule has 4 unspecified atom stereocenters. The van der Waals surface area contributed by atoms with E-state index in [0.29, 0.717) is 6.54 Å². The molecule has 1 aliphatic carbocycles. The van der Waals surface area contributed by atoms with E-state index in [-0.39, 0.29) is 54.9 Å². The highest BCUT2D eigenvalue weighted by Gasteiger charge is 2.25. The van der Waals surface area contributed by atoms with Gasteiger partial charge >= 0.3 is 0 Å². The van der Waals surface area contributed by atoms with Crippen molar-refractivity contribution in [1.29, 1.82) is 0 Å². The number of halogens is 2. The number of aromatic nitrogens is 1. The maximum atomic E-state index is 12.3. The number of amides is 1. The van der Waals surface area contributed by atoms with Crippen molar-refractivity contribution >= 4 is 36.5 Å². The zero-order valence-electron chi connectivity index (χ0n) is 16.1. The largest absolute Gasteiger partial charge is 0.372 e. The van der Waals surface area contributed by atoms with Crippen LogP contribution in [0.4, 0.5) is 5.82 Å². The Labute approximate surface area is 174 Å². The summed E-state index contributed by atoms with van der Waals surface area (Å²) < 4.78 is 5.77. The summed E-state index contributed by atoms with van der Waals surface area (Å²) in [6.07, 6.45) is 6.12. The van der Waals surface area contributed by atoms with Crippen LogP contribution in [0.2, 0.25) is 0 Å². The second-order valence-electron chi connectivity index (χ2n) is 7.53. The van der Waals surface area contributed by atoms with Crippen LogP contribution >= 0.6 is 24.8 Å². The Morgan fingerprint density at radius 1 is 1.26 bits per heavy atom. The molecule has 2 fully saturated rings. The molecule has 8 heteroatoms. The summed E-state index contributed by atoms with van der Waals surface area (Å²) in [6.45, 7) is 6.41. The lowest BCUT2D eigenvalue weighted by molar-refractivity contribution is -0.126. The fraction of sp³-hybridized carbons (Fsp3) is 0.684. The van der Waals surface area contributed by atoms with E-state index in [1.165, 1.54) is 0 Å². The first-order chi connectivity index (χ1) is 12.0. The lowest BCUT2D eigenvalue weighted by Gasteiger charge is -2.36. The van der Waals surface area contributed by atoms with Gasteiger partial charge in [-0.15, -0.1) is 24.8 Å². The van der Waals surface area contributed by atoms with Gasteiger partial charge < -0.3 is 20.7 Å². The minimum atomic E-state index is 0. The van der Waals surface area contributed by atoms with E-state index in [4.69, 9.17) is 10.5 Å². The number of nitrogens with two attached hydrogens (primary N) is 1. The number of rotatable bonds is 4. The zero-order chi connectivity index (χ0) is 17.8. The van der Waals surface area contributed by atoms with Crippen molar-refractivity contribution in [3.63, 3.8) is 0 Å². The van der Waals surface area contributed by atoms with Gasteiger partial charge in [-0.25, -0.2) is 4.98 Å². The SMILES string of the molecule is CC1CN(c2ccc(CNC(=O)C3CCCC(N)C3)cn2)CC(C)O1.Cl.Cl. The number of pyridine rings is 1. The molecular formula is C19H32Cl2N4O2. The highest BCUT2D eigenvalue weighted by atomic mass is 35.5. The van der Waals surface area contributed by atoms with Crippen molar-refractivity contribution in [3.05, 3.63) is 23.9 Å². The number of hydrogen-bond donors (Lipinski definition) is 2. The van der Waals surface area contributed by atoms with Gasteiger partial charge in [-0.2, -0.15) is 0 Å². The molecule has 3 rings (SSSR count). The number of nitrogens with one attached hydrogen (secondary N) is 1. The molecular weight excluding hydrogens is 387 g/mol. The Balaban J connectivity index is 0.00000182. The molecule has 0 spiro atoms. The molecule has 4 atom stereocenters. The zero-order valence-corrected chi connectivity index (χ0v) is 17.7. The third-order valence-corrected chi connectivity index (χ3v) is 5.11. The van der Waals surface area contributed by atoms with Gasteiger partial charge in [-0.3, -0.25) is 4.79 Å². The number of hydrogen-bond acceptors (Lipinski definition) is 5. The number of carbonyl (C=O) groups excluding carboxylic acids is 1. The molecule has 1 aromatic heterocycles. The van der Waals surface area contributed by atoms with Crippen LogP contribution in [0.5, 0.6) is 0 Å². The van der Waals surface area contributed by atoms with Gasteiger partial charge in [0, 0.05) is 37.8 Å². The van der Waals surface area contributed by atoms with E-state index < -0.39 is 0 Å². The Hall–Kier alpha value is -1.08. The van der Waals surface area contributed by atoms with Crippen molar-refractivity contribution in [2.24, 2.45) is 11.7 Å². The Kier molecular flexibility index (Phi) is 9.81. The van der Waals surface area contributed by atoms with Crippen LogP contribution in [0.3, 0.4) is 0 Å². The minimum Gasteiger partial charge on any atom is -0.372 e. The van der Waals surface area contributed by atoms with Gasteiger partial charge in [0.25, 0.3) is 0 Å². The summed E-state index contributed by atoms with van der Waals surface area (Å²) in [6, 6.07) is 4.24. The third kappa shape index (κ3) is 6.79. The molecule has 0 aromatic carbocycles. The van der Waals surface area contributed by atoms with Crippen LogP contribution in [0.1, 0.15) is 45.1 Å². The molecule has 1 saturated heterocycles. The summed E-state index contributed by atoms with van der Waals surface area (Å²) in [5.74, 6) is 1.15. The maximum absolute atomic E-state index is 12.3. The first-order valence-electron chi connectivity index (χ1n) is 9.40. The molecule has 1 amide bonds. The molecule has 1 saturated carbocycles. The Morgan fingerprint density at radius 2 is 1.96 bits per heavy atom. The van der Waals surface area contributed by atoms with Crippen LogP contribution < -0.4 is 16.0 Å². The van der Waals surface area contributed by atoms with Gasteiger partial charge in [0.05, 0.1) is 12.2 Å². The third-order valence-electron chi connectivity index (χ3n) is 5.11. The van der Waals surface area contributed by atoms with Crippen molar-refractivity contribution in [1.82, 2.24) is 10.3 Å². The van der Waals surface area contributed by atoms with E-state index >= 15 is 0 Å². The maximum Gasteiger partial charge on any atom is 0.223 e. The second kappa shape index (κ2) is 11.1. The highest BCUT2D eigenvalue weighted by molar-refractivity contribution is 5.85. The topological polar surface area (TPSA) is 80.5 Å². The van der Waals surface area contributed by atoms with E-state index in [0.717, 1.165) is 50.2 Å². The Morgan fingerprint density at radius 3 is 2.56 bits per heavy atom. The molecule has 0 bridgehead atoms. The second-order valence-corrected chi connectivity index (χ2v) is 7.53. The fourth-order valence-corrected chi connectivity index (χ4v) is 3.87. The average molecular weight is 419 g/mol. The summed E-state index contributed by atoms with van der Waals surface area (Å²) in [7, 11) is 0. The van der Waals surface area contributed by atoms with Crippen molar-refractivity contribution in [2.45, 2.75) is 64.3 Å². The van der Waals surface area contributed by atoms with E-state index in [1.54, 1.807) is 0 Å². The van der Waals surface area contributed by atoms with Crippen LogP contribution in [0.15, 0.2) is 18.3 Å². The molecule has 0 radical (unpaired) electrons. The van der Waals surface area contributed by atoms with E-state index in [2.05, 4.69) is 29.0 Å². The van der Waals surface area contributed by atoms with Gasteiger partial charge in [0.15, 0.2) is 0 Å². The molecule has 2 heterocycles. The predicted molar refractivity (Wildman–Crippen MR) is 113 cm³/mol. The molecule has 2 aliphatic rings. The van der Waals surface area contributed by atoms with Crippen molar-refractivity contribution in [3.8, 4) is 0 Å². The lowest BCUT2D eigenvalue weighted by atomic mass is 9.85. The molecule has 3 N–H and O–H groups in total. The van der Waals surface area contributed by atoms with Crippen LogP contribution in [0, 0.1) is 5.92 Å². The predicted octanol–water partition coefficient (Wildman–Crippen LogP) is 2.67. The van der Waals surface area contributed by atoms with Gasteiger partial charge in [0.1, 0.15) is 5.82 Å². The lowest BCUT2D eigenvalue weighted by Crippen LogP contribution is -2.45. The summed E-state index contributed by atoms with van der Waals surface area (Å²) >= 11 is 0. The summed E-state index contributed by atoms with van der Waals surface area (Å²) in [4.78, 5) is 19.1. The van der Waals surface area contributed by atoms with Crippen LogP contribution in [0.25, 0.3) is 0 Å². The smallest absolute Gasteiger partial charge is 0.223 e. The first kappa shape index (κ1) is 24.0. The summed E-state index contributed by atoms with van der Waals surface area (Å²) in [5.41, 5.74) is 6.99. The summed E-state index contributed by atoms with van der Waals surface area (Å²) in [5, 5.41) is 3.03. The monoisotopic (exact) mass is 418 g/mol. The quantitative estimate of drug-likeness (QED) is 0.785. The standard InChI is InChI=1S/C19H30N4O2.2ClH/c1-13-11-23(12-14(2)25-13)18-7-6-15(9-21-18)10-22-19(24)16-4-3-5-17(20)8-16;;/h6-7,9,13-14,16-17H,3-5,8,10-12,20H2,1-2H3,(H,22,24);2*1H. The first-order valence-corrected chi connectivity index (χ1v) is 9.40. The highest BCUT2D eigenvalue weighted by Crippen LogP contribution is 2.23. The number of morpholine rings is 1. The van der Waals surface area contributed by atoms with E-state index in [1.807, 2.05) is 18.3 Å².